The van der Waals surface area contributed by atoms with Crippen molar-refractivity contribution in [1.29, 1.82) is 0 Å². The summed E-state index contributed by atoms with van der Waals surface area (Å²) in [5, 5.41) is 2.89. The maximum absolute atomic E-state index is 12.7. The lowest BCUT2D eigenvalue weighted by Gasteiger charge is -2.34. The normalized spacial score (nSPS) is 15.4. The second kappa shape index (κ2) is 7.94. The van der Waals surface area contributed by atoms with Crippen LogP contribution in [-0.4, -0.2) is 59.7 Å². The van der Waals surface area contributed by atoms with Crippen molar-refractivity contribution in [2.45, 2.75) is 20.4 Å². The van der Waals surface area contributed by atoms with Crippen molar-refractivity contribution >= 4 is 17.8 Å². The average Bonchev–Trinajstić information content (AvgIpc) is 3.19. The van der Waals surface area contributed by atoms with Gasteiger partial charge >= 0.3 is 0 Å². The van der Waals surface area contributed by atoms with Crippen LogP contribution in [0.3, 0.4) is 0 Å². The van der Waals surface area contributed by atoms with E-state index in [-0.39, 0.29) is 18.6 Å². The molecule has 0 atom stereocenters. The number of carbonyl (C=O) groups is 2. The molecule has 1 fully saturated rings. The van der Waals surface area contributed by atoms with Gasteiger partial charge < -0.3 is 24.6 Å². The van der Waals surface area contributed by atoms with Gasteiger partial charge in [0.2, 0.25) is 18.6 Å². The van der Waals surface area contributed by atoms with Crippen molar-refractivity contribution in [3.63, 3.8) is 0 Å². The summed E-state index contributed by atoms with van der Waals surface area (Å²) in [6.45, 7) is 6.51. The van der Waals surface area contributed by atoms with Crippen LogP contribution in [0.25, 0.3) is 0 Å². The Hall–Kier alpha value is -3.36. The van der Waals surface area contributed by atoms with E-state index in [1.807, 2.05) is 30.0 Å². The number of fused-ring (bicyclic) bond motifs is 1. The molecule has 3 heterocycles. The lowest BCUT2D eigenvalue weighted by Crippen LogP contribution is -2.48. The molecular formula is C20H23N5O4. The first-order valence-electron chi connectivity index (χ1n) is 9.52. The van der Waals surface area contributed by atoms with E-state index in [9.17, 15) is 9.59 Å². The molecule has 29 heavy (non-hydrogen) atoms. The highest BCUT2D eigenvalue weighted by molar-refractivity contribution is 5.92. The first-order valence-corrected chi connectivity index (χ1v) is 9.52. The third-order valence-electron chi connectivity index (χ3n) is 4.97. The van der Waals surface area contributed by atoms with E-state index in [4.69, 9.17) is 9.47 Å². The van der Waals surface area contributed by atoms with Crippen LogP contribution < -0.4 is 19.7 Å². The van der Waals surface area contributed by atoms with Crippen molar-refractivity contribution in [2.75, 3.05) is 37.9 Å². The zero-order valence-corrected chi connectivity index (χ0v) is 16.5. The van der Waals surface area contributed by atoms with Crippen LogP contribution in [0.2, 0.25) is 0 Å². The van der Waals surface area contributed by atoms with Gasteiger partial charge in [-0.15, -0.1) is 0 Å². The van der Waals surface area contributed by atoms with Crippen LogP contribution in [0.5, 0.6) is 11.5 Å². The number of nitrogens with zero attached hydrogens (tertiary/aromatic N) is 4. The van der Waals surface area contributed by atoms with Crippen LogP contribution in [0, 0.1) is 6.92 Å². The molecule has 152 valence electrons. The van der Waals surface area contributed by atoms with Crippen molar-refractivity contribution in [3.05, 3.63) is 41.2 Å². The van der Waals surface area contributed by atoms with Gasteiger partial charge in [-0.05, 0) is 30.7 Å². The number of rotatable bonds is 4. The molecule has 2 aromatic rings. The third kappa shape index (κ3) is 4.23. The molecule has 2 amide bonds. The molecule has 0 spiro atoms. The molecule has 2 aliphatic rings. The minimum Gasteiger partial charge on any atom is -0.454 e. The number of piperazine rings is 1. The van der Waals surface area contributed by atoms with E-state index in [0.717, 1.165) is 11.3 Å². The molecule has 9 nitrogen and oxygen atoms in total. The van der Waals surface area contributed by atoms with Gasteiger partial charge in [-0.1, -0.05) is 6.07 Å². The molecule has 1 N–H and O–H groups in total. The van der Waals surface area contributed by atoms with Crippen LogP contribution in [0.15, 0.2) is 24.3 Å². The van der Waals surface area contributed by atoms with Gasteiger partial charge in [-0.2, -0.15) is 0 Å². The highest BCUT2D eigenvalue weighted by Gasteiger charge is 2.22. The number of aromatic nitrogens is 2. The van der Waals surface area contributed by atoms with E-state index in [0.29, 0.717) is 55.9 Å². The summed E-state index contributed by atoms with van der Waals surface area (Å²) >= 11 is 0. The van der Waals surface area contributed by atoms with Gasteiger partial charge in [0.1, 0.15) is 5.69 Å². The van der Waals surface area contributed by atoms with E-state index in [2.05, 4.69) is 15.3 Å². The molecular weight excluding hydrogens is 374 g/mol. The molecule has 2 aliphatic heterocycles. The topological polar surface area (TPSA) is 96.9 Å². The maximum atomic E-state index is 12.7. The summed E-state index contributed by atoms with van der Waals surface area (Å²) in [6.07, 6.45) is 0. The van der Waals surface area contributed by atoms with Gasteiger partial charge in [0, 0.05) is 45.3 Å². The Morgan fingerprint density at radius 2 is 1.83 bits per heavy atom. The number of nitrogens with one attached hydrogen (secondary N) is 1. The summed E-state index contributed by atoms with van der Waals surface area (Å²) in [5.41, 5.74) is 1.95. The van der Waals surface area contributed by atoms with Gasteiger partial charge in [0.25, 0.3) is 5.91 Å². The quantitative estimate of drug-likeness (QED) is 0.825. The number of anilines is 1. The van der Waals surface area contributed by atoms with Crippen LogP contribution in [0.1, 0.15) is 28.7 Å². The summed E-state index contributed by atoms with van der Waals surface area (Å²) in [6, 6.07) is 7.24. The standard InChI is InChI=1S/C20H23N5O4/c1-13-9-16(23-20(22-13)25-7-5-24(6-8-25)14(2)26)19(27)21-11-15-3-4-17-18(10-15)29-12-28-17/h3-4,9-10H,5-8,11-12H2,1-2H3,(H,21,27). The van der Waals surface area contributed by atoms with E-state index < -0.39 is 0 Å². The number of carbonyl (C=O) groups excluding carboxylic acids is 2. The predicted molar refractivity (Wildman–Crippen MR) is 105 cm³/mol. The van der Waals surface area contributed by atoms with Crippen molar-refractivity contribution in [3.8, 4) is 11.5 Å². The van der Waals surface area contributed by atoms with Gasteiger partial charge in [-0.3, -0.25) is 9.59 Å². The number of hydrogen-bond acceptors (Lipinski definition) is 7. The Morgan fingerprint density at radius 1 is 1.07 bits per heavy atom. The Balaban J connectivity index is 1.41. The fourth-order valence-corrected chi connectivity index (χ4v) is 3.36. The molecule has 1 aromatic heterocycles. The van der Waals surface area contributed by atoms with Crippen molar-refractivity contribution in [1.82, 2.24) is 20.2 Å². The molecule has 1 saturated heterocycles. The number of ether oxygens (including phenoxy) is 2. The number of benzene rings is 1. The largest absolute Gasteiger partial charge is 0.454 e. The molecule has 0 aliphatic carbocycles. The first kappa shape index (κ1) is 19.0. The maximum Gasteiger partial charge on any atom is 0.270 e. The minimum absolute atomic E-state index is 0.0680. The predicted octanol–water partition coefficient (Wildman–Crippen LogP) is 1.11. The van der Waals surface area contributed by atoms with Crippen LogP contribution in [0.4, 0.5) is 5.95 Å². The number of amides is 2. The highest BCUT2D eigenvalue weighted by Crippen LogP contribution is 2.32. The average molecular weight is 397 g/mol. The summed E-state index contributed by atoms with van der Waals surface area (Å²) in [7, 11) is 0. The Kier molecular flexibility index (Phi) is 5.20. The monoisotopic (exact) mass is 397 g/mol. The SMILES string of the molecule is CC(=O)N1CCN(c2nc(C)cc(C(=O)NCc3ccc4c(c3)OCO4)n2)CC1. The van der Waals surface area contributed by atoms with Gasteiger partial charge in [0.05, 0.1) is 0 Å². The molecule has 1 aromatic carbocycles. The van der Waals surface area contributed by atoms with Crippen LogP contribution >= 0.6 is 0 Å². The zero-order chi connectivity index (χ0) is 20.4. The summed E-state index contributed by atoms with van der Waals surface area (Å²) in [5.74, 6) is 1.71. The Labute approximate surface area is 168 Å². The molecule has 0 bridgehead atoms. The zero-order valence-electron chi connectivity index (χ0n) is 16.5. The van der Waals surface area contributed by atoms with E-state index in [1.165, 1.54) is 0 Å². The fraction of sp³-hybridized carbons (Fsp3) is 0.400. The second-order valence-electron chi connectivity index (χ2n) is 7.06. The molecule has 9 heteroatoms. The molecule has 0 unspecified atom stereocenters. The Bertz CT molecular complexity index is 940. The number of aryl methyl sites for hydroxylation is 1. The lowest BCUT2D eigenvalue weighted by molar-refractivity contribution is -0.129. The highest BCUT2D eigenvalue weighted by atomic mass is 16.7. The molecule has 0 saturated carbocycles. The van der Waals surface area contributed by atoms with Crippen LogP contribution in [-0.2, 0) is 11.3 Å². The molecule has 0 radical (unpaired) electrons. The van der Waals surface area contributed by atoms with E-state index in [1.54, 1.807) is 17.9 Å². The first-order chi connectivity index (χ1) is 14.0. The lowest BCUT2D eigenvalue weighted by atomic mass is 10.2. The third-order valence-corrected chi connectivity index (χ3v) is 4.97. The second-order valence-corrected chi connectivity index (χ2v) is 7.06. The van der Waals surface area contributed by atoms with E-state index >= 15 is 0 Å². The van der Waals surface area contributed by atoms with Gasteiger partial charge in [0.15, 0.2) is 11.5 Å². The fourth-order valence-electron chi connectivity index (χ4n) is 3.36. The number of hydrogen-bond donors (Lipinski definition) is 1. The molecule has 4 rings (SSSR count). The Morgan fingerprint density at radius 3 is 2.59 bits per heavy atom. The van der Waals surface area contributed by atoms with Crippen molar-refractivity contribution in [2.24, 2.45) is 0 Å². The van der Waals surface area contributed by atoms with Crippen molar-refractivity contribution < 1.29 is 19.1 Å². The minimum atomic E-state index is -0.267. The smallest absolute Gasteiger partial charge is 0.270 e. The summed E-state index contributed by atoms with van der Waals surface area (Å²) in [4.78, 5) is 36.9. The summed E-state index contributed by atoms with van der Waals surface area (Å²) < 4.78 is 10.7. The van der Waals surface area contributed by atoms with Gasteiger partial charge in [-0.25, -0.2) is 9.97 Å².